The van der Waals surface area contributed by atoms with Gasteiger partial charge in [0.2, 0.25) is 0 Å². The van der Waals surface area contributed by atoms with E-state index >= 15 is 0 Å². The van der Waals surface area contributed by atoms with Crippen LogP contribution in [0.4, 0.5) is 4.39 Å². The second-order valence-corrected chi connectivity index (χ2v) is 5.62. The number of aliphatic hydroxyl groups excluding tert-OH is 1. The summed E-state index contributed by atoms with van der Waals surface area (Å²) in [4.78, 5) is 4.06. The van der Waals surface area contributed by atoms with E-state index in [9.17, 15) is 4.39 Å². The van der Waals surface area contributed by atoms with E-state index in [2.05, 4.69) is 21.2 Å². The summed E-state index contributed by atoms with van der Waals surface area (Å²) in [5, 5.41) is 8.65. The topological polar surface area (TPSA) is 46.0 Å². The average molecular weight is 294 g/mol. The molecule has 0 saturated carbocycles. The third kappa shape index (κ3) is 4.63. The Hall–Kier alpha value is -1.42. The molecule has 0 radical (unpaired) electrons. The van der Waals surface area contributed by atoms with Crippen molar-refractivity contribution in [1.29, 1.82) is 0 Å². The summed E-state index contributed by atoms with van der Waals surface area (Å²) in [6, 6.07) is 4.73. The molecule has 6 heteroatoms. The van der Waals surface area contributed by atoms with E-state index in [1.54, 1.807) is 0 Å². The minimum atomic E-state index is -0.302. The largest absolute Gasteiger partial charge is 0.395 e. The molecule has 98 valence electrons. The van der Waals surface area contributed by atoms with Crippen LogP contribution in [0.5, 0.6) is 0 Å². The molecule has 0 fully saturated rings. The molecular formula is C13H11FN2OS2. The van der Waals surface area contributed by atoms with Crippen LogP contribution in [0.25, 0.3) is 0 Å². The number of benzene rings is 1. The van der Waals surface area contributed by atoms with Gasteiger partial charge in [-0.1, -0.05) is 23.6 Å². The van der Waals surface area contributed by atoms with Crippen molar-refractivity contribution in [3.8, 4) is 11.8 Å². The standard InChI is InChI=1S/C13H11FN2OS2/c14-12-6-10(3-1-2-4-17)5-11(7-12)8-18-13-15-9-16-19-13/h5-7,9,17H,2,4,8H2. The smallest absolute Gasteiger partial charge is 0.170 e. The zero-order chi connectivity index (χ0) is 13.5. The summed E-state index contributed by atoms with van der Waals surface area (Å²) in [5.41, 5.74) is 1.48. The molecule has 0 spiro atoms. The molecule has 19 heavy (non-hydrogen) atoms. The van der Waals surface area contributed by atoms with Crippen LogP contribution in [0.1, 0.15) is 17.5 Å². The predicted octanol–water partition coefficient (Wildman–Crippen LogP) is 2.70. The SMILES string of the molecule is OCCC#Cc1cc(F)cc(CSc2ncns2)c1. The third-order valence-corrected chi connectivity index (χ3v) is 4.00. The fourth-order valence-corrected chi connectivity index (χ4v) is 2.77. The maximum absolute atomic E-state index is 13.5. The Morgan fingerprint density at radius 3 is 3.00 bits per heavy atom. The molecule has 0 atom stereocenters. The van der Waals surface area contributed by atoms with E-state index in [0.29, 0.717) is 17.7 Å². The monoisotopic (exact) mass is 294 g/mol. The zero-order valence-corrected chi connectivity index (χ0v) is 11.6. The molecule has 0 saturated heterocycles. The second kappa shape index (κ2) is 7.24. The summed E-state index contributed by atoms with van der Waals surface area (Å²) in [5.74, 6) is 5.94. The van der Waals surface area contributed by atoms with Gasteiger partial charge in [-0.25, -0.2) is 9.37 Å². The Balaban J connectivity index is 2.06. The fraction of sp³-hybridized carbons (Fsp3) is 0.231. The van der Waals surface area contributed by atoms with Gasteiger partial charge in [0.05, 0.1) is 6.61 Å². The van der Waals surface area contributed by atoms with Crippen LogP contribution >= 0.6 is 23.3 Å². The molecule has 3 nitrogen and oxygen atoms in total. The van der Waals surface area contributed by atoms with Crippen LogP contribution in [-0.2, 0) is 5.75 Å². The van der Waals surface area contributed by atoms with E-state index in [-0.39, 0.29) is 12.4 Å². The Labute approximate surface area is 119 Å². The first-order chi connectivity index (χ1) is 9.28. The van der Waals surface area contributed by atoms with Gasteiger partial charge in [-0.05, 0) is 35.3 Å². The Morgan fingerprint density at radius 1 is 1.37 bits per heavy atom. The number of hydrogen-bond acceptors (Lipinski definition) is 5. The van der Waals surface area contributed by atoms with Gasteiger partial charge in [0, 0.05) is 17.7 Å². The Morgan fingerprint density at radius 2 is 2.26 bits per heavy atom. The summed E-state index contributed by atoms with van der Waals surface area (Å²) >= 11 is 2.84. The highest BCUT2D eigenvalue weighted by Crippen LogP contribution is 2.24. The lowest BCUT2D eigenvalue weighted by atomic mass is 10.1. The first-order valence-electron chi connectivity index (χ1n) is 5.56. The van der Waals surface area contributed by atoms with Gasteiger partial charge in [0.1, 0.15) is 12.1 Å². The summed E-state index contributed by atoms with van der Waals surface area (Å²) in [6.07, 6.45) is 1.90. The number of aliphatic hydroxyl groups is 1. The minimum Gasteiger partial charge on any atom is -0.395 e. The van der Waals surface area contributed by atoms with Crippen LogP contribution in [0.3, 0.4) is 0 Å². The van der Waals surface area contributed by atoms with Crippen LogP contribution in [-0.4, -0.2) is 21.1 Å². The van der Waals surface area contributed by atoms with Crippen molar-refractivity contribution in [3.05, 3.63) is 41.5 Å². The number of nitrogens with zero attached hydrogens (tertiary/aromatic N) is 2. The molecule has 1 heterocycles. The summed E-state index contributed by atoms with van der Waals surface area (Å²) in [6.45, 7) is 0.0159. The van der Waals surface area contributed by atoms with Crippen LogP contribution in [0.2, 0.25) is 0 Å². The minimum absolute atomic E-state index is 0.0159. The zero-order valence-electron chi connectivity index (χ0n) is 9.97. The third-order valence-electron chi connectivity index (χ3n) is 2.13. The molecule has 1 aromatic heterocycles. The highest BCUT2D eigenvalue weighted by atomic mass is 32.2. The van der Waals surface area contributed by atoms with Crippen molar-refractivity contribution in [1.82, 2.24) is 9.36 Å². The molecular weight excluding hydrogens is 283 g/mol. The summed E-state index contributed by atoms with van der Waals surface area (Å²) < 4.78 is 18.2. The average Bonchev–Trinajstić information content (AvgIpc) is 2.89. The maximum Gasteiger partial charge on any atom is 0.170 e. The lowest BCUT2D eigenvalue weighted by molar-refractivity contribution is 0.305. The number of thioether (sulfide) groups is 1. The van der Waals surface area contributed by atoms with Gasteiger partial charge >= 0.3 is 0 Å². The van der Waals surface area contributed by atoms with E-state index in [1.807, 2.05) is 6.07 Å². The molecule has 1 aromatic carbocycles. The first-order valence-corrected chi connectivity index (χ1v) is 7.32. The van der Waals surface area contributed by atoms with Gasteiger partial charge in [0.25, 0.3) is 0 Å². The van der Waals surface area contributed by atoms with E-state index in [0.717, 1.165) is 9.90 Å². The molecule has 0 bridgehead atoms. The second-order valence-electron chi connectivity index (χ2n) is 3.62. The van der Waals surface area contributed by atoms with Crippen LogP contribution < -0.4 is 0 Å². The Kier molecular flexibility index (Phi) is 5.33. The predicted molar refractivity (Wildman–Crippen MR) is 74.5 cm³/mol. The number of halogens is 1. The number of hydrogen-bond donors (Lipinski definition) is 1. The molecule has 2 rings (SSSR count). The van der Waals surface area contributed by atoms with Gasteiger partial charge in [-0.3, -0.25) is 0 Å². The summed E-state index contributed by atoms with van der Waals surface area (Å²) in [7, 11) is 0. The van der Waals surface area contributed by atoms with Gasteiger partial charge in [-0.2, -0.15) is 4.37 Å². The molecule has 0 aliphatic carbocycles. The lowest BCUT2D eigenvalue weighted by Crippen LogP contribution is -1.87. The number of aromatic nitrogens is 2. The normalized spacial score (nSPS) is 10.0. The molecule has 1 N–H and O–H groups in total. The van der Waals surface area contributed by atoms with Crippen molar-refractivity contribution in [2.24, 2.45) is 0 Å². The molecule has 0 unspecified atom stereocenters. The molecule has 2 aromatic rings. The van der Waals surface area contributed by atoms with Gasteiger partial charge in [-0.15, -0.1) is 0 Å². The van der Waals surface area contributed by atoms with Crippen molar-refractivity contribution < 1.29 is 9.50 Å². The molecule has 0 amide bonds. The van der Waals surface area contributed by atoms with Crippen LogP contribution in [0.15, 0.2) is 28.9 Å². The van der Waals surface area contributed by atoms with Gasteiger partial charge in [0.15, 0.2) is 4.34 Å². The Bertz CT molecular complexity index is 590. The fourth-order valence-electron chi connectivity index (χ4n) is 1.40. The van der Waals surface area contributed by atoms with Crippen molar-refractivity contribution in [2.75, 3.05) is 6.61 Å². The highest BCUT2D eigenvalue weighted by molar-refractivity contribution is 8.00. The molecule has 0 aliphatic heterocycles. The van der Waals surface area contributed by atoms with E-state index < -0.39 is 0 Å². The van der Waals surface area contributed by atoms with Gasteiger partial charge < -0.3 is 5.11 Å². The first kappa shape index (κ1) is 14.0. The van der Waals surface area contributed by atoms with Crippen LogP contribution in [0, 0.1) is 17.7 Å². The highest BCUT2D eigenvalue weighted by Gasteiger charge is 2.02. The van der Waals surface area contributed by atoms with E-state index in [4.69, 9.17) is 5.11 Å². The molecule has 0 aliphatic rings. The van der Waals surface area contributed by atoms with E-state index in [1.165, 1.54) is 41.8 Å². The van der Waals surface area contributed by atoms with Crippen molar-refractivity contribution in [3.63, 3.8) is 0 Å². The lowest BCUT2D eigenvalue weighted by Gasteiger charge is -2.01. The van der Waals surface area contributed by atoms with Crippen molar-refractivity contribution in [2.45, 2.75) is 16.5 Å². The number of rotatable bonds is 4. The quantitative estimate of drug-likeness (QED) is 0.695. The van der Waals surface area contributed by atoms with Crippen molar-refractivity contribution >= 4 is 23.3 Å². The maximum atomic E-state index is 13.5.